The summed E-state index contributed by atoms with van der Waals surface area (Å²) in [6.07, 6.45) is 0. The third-order valence-electron chi connectivity index (χ3n) is 3.39. The highest BCUT2D eigenvalue weighted by atomic mass is 79.9. The van der Waals surface area contributed by atoms with Crippen LogP contribution < -0.4 is 10.5 Å². The largest absolute Gasteiger partial charge is 0.455 e. The maximum absolute atomic E-state index is 11.1. The molecule has 2 aromatic carbocycles. The van der Waals surface area contributed by atoms with E-state index in [1.807, 2.05) is 30.3 Å². The molecule has 1 heterocycles. The molecule has 0 saturated heterocycles. The van der Waals surface area contributed by atoms with E-state index < -0.39 is 12.1 Å². The van der Waals surface area contributed by atoms with E-state index in [-0.39, 0.29) is 0 Å². The first kappa shape index (κ1) is 15.2. The number of ether oxygens (including phenoxy) is 1. The number of carbonyl (C=O) groups is 1. The zero-order chi connectivity index (χ0) is 15.9. The number of nitrogens with two attached hydrogens (primary N) is 1. The van der Waals surface area contributed by atoms with E-state index in [1.165, 1.54) is 0 Å². The van der Waals surface area contributed by atoms with Crippen molar-refractivity contribution in [2.45, 2.75) is 22.8 Å². The van der Waals surface area contributed by atoms with Crippen molar-refractivity contribution in [3.8, 4) is 11.5 Å². The van der Waals surface area contributed by atoms with Crippen LogP contribution in [0, 0.1) is 0 Å². The topological polar surface area (TPSA) is 75.8 Å². The number of halogens is 1. The van der Waals surface area contributed by atoms with Gasteiger partial charge < -0.3 is 10.5 Å². The lowest BCUT2D eigenvalue weighted by atomic mass is 10.1. The van der Waals surface area contributed by atoms with E-state index in [0.29, 0.717) is 5.06 Å². The third kappa shape index (κ3) is 2.79. The highest BCUT2D eigenvalue weighted by molar-refractivity contribution is 9.10. The Morgan fingerprint density at radius 3 is 2.59 bits per heavy atom. The number of nitrogens with zero attached hydrogens (tertiary/aromatic N) is 1. The van der Waals surface area contributed by atoms with E-state index in [0.717, 1.165) is 31.3 Å². The van der Waals surface area contributed by atoms with Gasteiger partial charge in [0.2, 0.25) is 0 Å². The molecule has 7 heteroatoms. The van der Waals surface area contributed by atoms with E-state index >= 15 is 0 Å². The molecule has 5 nitrogen and oxygen atoms in total. The monoisotopic (exact) mass is 380 g/mol. The predicted molar refractivity (Wildman–Crippen MR) is 86.4 cm³/mol. The summed E-state index contributed by atoms with van der Waals surface area (Å²) < 4.78 is 6.84. The lowest BCUT2D eigenvalue weighted by Gasteiger charge is -2.24. The minimum Gasteiger partial charge on any atom is -0.455 e. The molecule has 1 aliphatic rings. The van der Waals surface area contributed by atoms with Crippen LogP contribution in [-0.2, 0) is 0 Å². The van der Waals surface area contributed by atoms with Gasteiger partial charge in [0.15, 0.2) is 0 Å². The number of hydrogen-bond acceptors (Lipinski definition) is 4. The summed E-state index contributed by atoms with van der Waals surface area (Å²) in [5, 5.41) is 10.2. The Labute approximate surface area is 140 Å². The number of primary amides is 1. The van der Waals surface area contributed by atoms with Crippen LogP contribution >= 0.6 is 27.7 Å². The summed E-state index contributed by atoms with van der Waals surface area (Å²) in [4.78, 5) is 13.0. The first-order chi connectivity index (χ1) is 10.5. The third-order valence-corrected chi connectivity index (χ3v) is 4.96. The molecule has 3 N–H and O–H groups in total. The van der Waals surface area contributed by atoms with Crippen LogP contribution in [0.1, 0.15) is 18.5 Å². The molecule has 3 rings (SSSR count). The zero-order valence-electron chi connectivity index (χ0n) is 11.6. The van der Waals surface area contributed by atoms with Gasteiger partial charge in [-0.15, -0.1) is 0 Å². The maximum Gasteiger partial charge on any atom is 0.339 e. The number of hydroxylamine groups is 2. The van der Waals surface area contributed by atoms with Crippen molar-refractivity contribution in [3.63, 3.8) is 0 Å². The van der Waals surface area contributed by atoms with Crippen molar-refractivity contribution in [1.82, 2.24) is 5.06 Å². The molecule has 0 spiro atoms. The number of carbonyl (C=O) groups excluding carboxylic acids is 1. The fraction of sp³-hybridized carbons (Fsp3) is 0.133. The van der Waals surface area contributed by atoms with E-state index in [2.05, 4.69) is 15.9 Å². The second kappa shape index (κ2) is 5.83. The van der Waals surface area contributed by atoms with Crippen LogP contribution in [0.5, 0.6) is 11.5 Å². The predicted octanol–water partition coefficient (Wildman–Crippen LogP) is 4.54. The number of hydrogen-bond donors (Lipinski definition) is 2. The van der Waals surface area contributed by atoms with Gasteiger partial charge in [-0.05, 0) is 42.8 Å². The zero-order valence-corrected chi connectivity index (χ0v) is 14.0. The summed E-state index contributed by atoms with van der Waals surface area (Å²) in [5.41, 5.74) is 5.87. The van der Waals surface area contributed by atoms with Crippen molar-refractivity contribution < 1.29 is 14.7 Å². The average Bonchev–Trinajstić information content (AvgIpc) is 2.50. The van der Waals surface area contributed by atoms with E-state index in [9.17, 15) is 10.0 Å². The van der Waals surface area contributed by atoms with Gasteiger partial charge in [-0.3, -0.25) is 5.21 Å². The van der Waals surface area contributed by atoms with Crippen LogP contribution in [-0.4, -0.2) is 16.3 Å². The number of benzene rings is 2. The number of urea groups is 1. The molecule has 1 aliphatic heterocycles. The highest BCUT2D eigenvalue weighted by Crippen LogP contribution is 2.48. The molecule has 2 aromatic rings. The van der Waals surface area contributed by atoms with Gasteiger partial charge in [0, 0.05) is 4.47 Å². The summed E-state index contributed by atoms with van der Waals surface area (Å²) in [6, 6.07) is 9.93. The van der Waals surface area contributed by atoms with Crippen LogP contribution in [0.15, 0.2) is 50.7 Å². The summed E-state index contributed by atoms with van der Waals surface area (Å²) in [5.74, 6) is 1.56. The lowest BCUT2D eigenvalue weighted by molar-refractivity contribution is -0.0710. The number of fused-ring (bicyclic) bond motifs is 2. The molecule has 0 saturated carbocycles. The molecule has 1 atom stereocenters. The lowest BCUT2D eigenvalue weighted by Crippen LogP contribution is -2.34. The Bertz CT molecular complexity index is 754. The molecule has 2 amide bonds. The molecule has 0 radical (unpaired) electrons. The van der Waals surface area contributed by atoms with Gasteiger partial charge >= 0.3 is 6.03 Å². The molecule has 0 bridgehead atoms. The smallest absolute Gasteiger partial charge is 0.339 e. The Kier molecular flexibility index (Phi) is 4.03. The van der Waals surface area contributed by atoms with E-state index in [1.54, 1.807) is 24.8 Å². The first-order valence-electron chi connectivity index (χ1n) is 6.52. The maximum atomic E-state index is 11.1. The van der Waals surface area contributed by atoms with Gasteiger partial charge in [0.05, 0.1) is 15.8 Å². The summed E-state index contributed by atoms with van der Waals surface area (Å²) in [6.45, 7) is 1.70. The van der Waals surface area contributed by atoms with Crippen molar-refractivity contribution in [3.05, 3.63) is 46.4 Å². The SMILES string of the molecule is CC(c1ccc2c(c1)Sc1cc(Br)ccc1O2)N(O)C(N)=O. The van der Waals surface area contributed by atoms with Crippen LogP contribution in [0.2, 0.25) is 0 Å². The summed E-state index contributed by atoms with van der Waals surface area (Å²) in [7, 11) is 0. The van der Waals surface area contributed by atoms with Crippen LogP contribution in [0.4, 0.5) is 4.79 Å². The van der Waals surface area contributed by atoms with Gasteiger partial charge in [-0.1, -0.05) is 33.8 Å². The van der Waals surface area contributed by atoms with E-state index in [4.69, 9.17) is 10.5 Å². The second-order valence-electron chi connectivity index (χ2n) is 4.86. The molecule has 22 heavy (non-hydrogen) atoms. The molecule has 0 aliphatic carbocycles. The Morgan fingerprint density at radius 2 is 1.91 bits per heavy atom. The molecular formula is C15H13BrN2O3S. The Hall–Kier alpha value is -1.70. The normalized spacial score (nSPS) is 13.6. The van der Waals surface area contributed by atoms with Crippen molar-refractivity contribution in [2.75, 3.05) is 0 Å². The minimum atomic E-state index is -0.886. The fourth-order valence-electron chi connectivity index (χ4n) is 2.16. The molecular weight excluding hydrogens is 368 g/mol. The van der Waals surface area contributed by atoms with Crippen molar-refractivity contribution >= 4 is 33.7 Å². The molecule has 114 valence electrons. The van der Waals surface area contributed by atoms with Crippen molar-refractivity contribution in [1.29, 1.82) is 0 Å². The quantitative estimate of drug-likeness (QED) is 0.505. The molecule has 0 fully saturated rings. The van der Waals surface area contributed by atoms with Gasteiger partial charge in [-0.2, -0.15) is 5.06 Å². The number of amides is 2. The number of rotatable bonds is 2. The Balaban J connectivity index is 1.93. The Morgan fingerprint density at radius 1 is 1.27 bits per heavy atom. The van der Waals surface area contributed by atoms with Gasteiger partial charge in [-0.25, -0.2) is 4.79 Å². The van der Waals surface area contributed by atoms with Gasteiger partial charge in [0.25, 0.3) is 0 Å². The molecule has 1 unspecified atom stereocenters. The standard InChI is InChI=1S/C15H13BrN2O3S/c1-8(18(20)15(17)19)9-2-4-11-13(6-9)22-14-7-10(16)3-5-12(14)21-11/h2-8,20H,1H3,(H2,17,19). The van der Waals surface area contributed by atoms with Crippen LogP contribution in [0.25, 0.3) is 0 Å². The summed E-state index contributed by atoms with van der Waals surface area (Å²) >= 11 is 5.02. The van der Waals surface area contributed by atoms with Gasteiger partial charge in [0.1, 0.15) is 11.5 Å². The minimum absolute atomic E-state index is 0.514. The van der Waals surface area contributed by atoms with Crippen molar-refractivity contribution in [2.24, 2.45) is 5.73 Å². The average molecular weight is 381 g/mol. The first-order valence-corrected chi connectivity index (χ1v) is 8.13. The highest BCUT2D eigenvalue weighted by Gasteiger charge is 2.22. The fourth-order valence-corrected chi connectivity index (χ4v) is 3.71. The van der Waals surface area contributed by atoms with Crippen LogP contribution in [0.3, 0.4) is 0 Å². The second-order valence-corrected chi connectivity index (χ2v) is 6.86. The molecule has 0 aromatic heterocycles.